The average molecular weight is 287 g/mol. The first-order valence-corrected chi connectivity index (χ1v) is 6.98. The molecule has 0 fully saturated rings. The quantitative estimate of drug-likeness (QED) is 0.747. The number of rotatable bonds is 2. The maximum atomic E-state index is 6.27. The van der Waals surface area contributed by atoms with Gasteiger partial charge >= 0.3 is 0 Å². The molecule has 0 aliphatic carbocycles. The van der Waals surface area contributed by atoms with E-state index in [-0.39, 0.29) is 0 Å². The molecule has 0 amide bonds. The first-order chi connectivity index (χ1) is 9.69. The Labute approximate surface area is 123 Å². The number of aryl methyl sites for hydroxylation is 1. The minimum Gasteiger partial charge on any atom is -0.493 e. The number of halogens is 1. The van der Waals surface area contributed by atoms with Gasteiger partial charge in [-0.3, -0.25) is 0 Å². The molecule has 3 rings (SSSR count). The lowest BCUT2D eigenvalue weighted by Gasteiger charge is -2.12. The normalized spacial score (nSPS) is 12.7. The van der Waals surface area contributed by atoms with Gasteiger partial charge in [0.2, 0.25) is 0 Å². The summed E-state index contributed by atoms with van der Waals surface area (Å²) in [5.41, 5.74) is 2.97. The van der Waals surface area contributed by atoms with Crippen molar-refractivity contribution in [2.24, 2.45) is 0 Å². The van der Waals surface area contributed by atoms with Gasteiger partial charge in [0.15, 0.2) is 0 Å². The van der Waals surface area contributed by atoms with Gasteiger partial charge in [-0.25, -0.2) is 0 Å². The number of hydrogen-bond donors (Lipinski definition) is 0. The van der Waals surface area contributed by atoms with Crippen LogP contribution in [0.15, 0.2) is 36.4 Å². The third-order valence-corrected chi connectivity index (χ3v) is 3.54. The molecule has 0 unspecified atom stereocenters. The average Bonchev–Trinajstić information content (AvgIpc) is 2.58. The zero-order chi connectivity index (χ0) is 14.1. The zero-order valence-electron chi connectivity index (χ0n) is 11.4. The van der Waals surface area contributed by atoms with Crippen LogP contribution in [0.2, 0.25) is 5.02 Å². The molecule has 0 bridgehead atoms. The van der Waals surface area contributed by atoms with E-state index in [2.05, 4.69) is 13.0 Å². The Hall–Kier alpha value is -1.93. The van der Waals surface area contributed by atoms with E-state index in [9.17, 15) is 0 Å². The van der Waals surface area contributed by atoms with Crippen LogP contribution in [0.5, 0.6) is 11.5 Å². The molecule has 0 spiro atoms. The van der Waals surface area contributed by atoms with Crippen LogP contribution in [-0.2, 0) is 4.74 Å². The van der Waals surface area contributed by atoms with Gasteiger partial charge in [0.25, 0.3) is 0 Å². The Bertz CT molecular complexity index is 689. The third kappa shape index (κ3) is 2.27. The van der Waals surface area contributed by atoms with Crippen LogP contribution in [0, 0.1) is 6.92 Å². The van der Waals surface area contributed by atoms with E-state index in [1.807, 2.05) is 43.3 Å². The van der Waals surface area contributed by atoms with Crippen molar-refractivity contribution in [1.29, 1.82) is 0 Å². The molecule has 2 nitrogen and oxygen atoms in total. The molecule has 2 aromatic rings. The molecule has 2 aromatic carbocycles. The molecule has 0 atom stereocenters. The summed E-state index contributed by atoms with van der Waals surface area (Å²) >= 11 is 6.27. The van der Waals surface area contributed by atoms with Crippen molar-refractivity contribution in [1.82, 2.24) is 0 Å². The van der Waals surface area contributed by atoms with Gasteiger partial charge in [0, 0.05) is 5.56 Å². The van der Waals surface area contributed by atoms with Crippen LogP contribution in [0.25, 0.3) is 11.8 Å². The van der Waals surface area contributed by atoms with Crippen LogP contribution in [-0.4, -0.2) is 6.61 Å². The monoisotopic (exact) mass is 286 g/mol. The molecule has 3 heteroatoms. The van der Waals surface area contributed by atoms with Gasteiger partial charge < -0.3 is 9.47 Å². The largest absolute Gasteiger partial charge is 0.493 e. The highest BCUT2D eigenvalue weighted by Gasteiger charge is 2.19. The Morgan fingerprint density at radius 3 is 2.80 bits per heavy atom. The van der Waals surface area contributed by atoms with Gasteiger partial charge in [0.05, 0.1) is 17.2 Å². The third-order valence-electron chi connectivity index (χ3n) is 3.21. The summed E-state index contributed by atoms with van der Waals surface area (Å²) < 4.78 is 11.8. The van der Waals surface area contributed by atoms with E-state index in [1.165, 1.54) is 0 Å². The summed E-state index contributed by atoms with van der Waals surface area (Å²) in [5, 5.41) is 0.657. The highest BCUT2D eigenvalue weighted by atomic mass is 35.5. The summed E-state index contributed by atoms with van der Waals surface area (Å²) in [6, 6.07) is 11.7. The van der Waals surface area contributed by atoms with Gasteiger partial charge in [-0.05, 0) is 44.2 Å². The number of hydrogen-bond acceptors (Lipinski definition) is 2. The fraction of sp³-hybridized carbons (Fsp3) is 0.176. The molecule has 1 heterocycles. The number of fused-ring (bicyclic) bond motifs is 2. The zero-order valence-corrected chi connectivity index (χ0v) is 12.2. The second-order valence-corrected chi connectivity index (χ2v) is 5.10. The van der Waals surface area contributed by atoms with Gasteiger partial charge in [-0.1, -0.05) is 29.3 Å². The molecule has 0 N–H and O–H groups in total. The van der Waals surface area contributed by atoms with Crippen molar-refractivity contribution >= 4 is 23.4 Å². The van der Waals surface area contributed by atoms with Gasteiger partial charge in [-0.2, -0.15) is 0 Å². The maximum absolute atomic E-state index is 6.27. The van der Waals surface area contributed by atoms with E-state index in [0.29, 0.717) is 11.6 Å². The van der Waals surface area contributed by atoms with E-state index in [1.54, 1.807) is 0 Å². The van der Waals surface area contributed by atoms with Crippen LogP contribution < -0.4 is 4.74 Å². The minimum absolute atomic E-state index is 0.596. The first-order valence-electron chi connectivity index (χ1n) is 6.61. The predicted octanol–water partition coefficient (Wildman–Crippen LogP) is 5.29. The minimum atomic E-state index is 0.596. The van der Waals surface area contributed by atoms with E-state index in [4.69, 9.17) is 21.1 Å². The molecule has 0 saturated heterocycles. The Kier molecular flexibility index (Phi) is 3.41. The standard InChI is InChI=1S/C17H15ClO2/c1-3-19-17-10-12-14(18)5-4-6-15(12)20-16-8-7-11(2)9-13(16)17/h4-10H,3H2,1-2H3. The molecule has 1 aliphatic rings. The number of benzene rings is 2. The molecule has 102 valence electrons. The van der Waals surface area contributed by atoms with Gasteiger partial charge in [0.1, 0.15) is 17.3 Å². The van der Waals surface area contributed by atoms with Crippen molar-refractivity contribution in [3.05, 3.63) is 58.1 Å². The van der Waals surface area contributed by atoms with Crippen LogP contribution in [0.1, 0.15) is 23.6 Å². The second kappa shape index (κ2) is 5.22. The van der Waals surface area contributed by atoms with Crippen molar-refractivity contribution < 1.29 is 9.47 Å². The molecule has 0 radical (unpaired) electrons. The molecular formula is C17H15ClO2. The molecule has 0 aromatic heterocycles. The van der Waals surface area contributed by atoms with Crippen LogP contribution in [0.4, 0.5) is 0 Å². The lowest BCUT2D eigenvalue weighted by atomic mass is 10.1. The summed E-state index contributed by atoms with van der Waals surface area (Å²) in [5.74, 6) is 2.33. The van der Waals surface area contributed by atoms with Crippen LogP contribution in [0.3, 0.4) is 0 Å². The molecule has 20 heavy (non-hydrogen) atoms. The van der Waals surface area contributed by atoms with E-state index < -0.39 is 0 Å². The Morgan fingerprint density at radius 2 is 2.00 bits per heavy atom. The topological polar surface area (TPSA) is 18.5 Å². The summed E-state index contributed by atoms with van der Waals surface area (Å²) in [6.07, 6.45) is 1.95. The molecular weight excluding hydrogens is 272 g/mol. The molecule has 1 aliphatic heterocycles. The summed E-state index contributed by atoms with van der Waals surface area (Å²) in [6.45, 7) is 4.61. The van der Waals surface area contributed by atoms with E-state index in [0.717, 1.165) is 33.9 Å². The Morgan fingerprint density at radius 1 is 1.15 bits per heavy atom. The maximum Gasteiger partial charge on any atom is 0.138 e. The fourth-order valence-corrected chi connectivity index (χ4v) is 2.49. The SMILES string of the molecule is CCOC1=Cc2c(Cl)cccc2Oc2ccc(C)cc21. The number of ether oxygens (including phenoxy) is 2. The van der Waals surface area contributed by atoms with Crippen molar-refractivity contribution in [3.63, 3.8) is 0 Å². The lowest BCUT2D eigenvalue weighted by molar-refractivity contribution is 0.299. The highest BCUT2D eigenvalue weighted by molar-refractivity contribution is 6.32. The summed E-state index contributed by atoms with van der Waals surface area (Å²) in [7, 11) is 0. The van der Waals surface area contributed by atoms with Crippen LogP contribution >= 0.6 is 11.6 Å². The fourth-order valence-electron chi connectivity index (χ4n) is 2.27. The first kappa shape index (κ1) is 13.1. The van der Waals surface area contributed by atoms with Gasteiger partial charge in [-0.15, -0.1) is 0 Å². The second-order valence-electron chi connectivity index (χ2n) is 4.69. The predicted molar refractivity (Wildman–Crippen MR) is 82.2 cm³/mol. The molecule has 0 saturated carbocycles. The van der Waals surface area contributed by atoms with Crippen molar-refractivity contribution in [2.45, 2.75) is 13.8 Å². The van der Waals surface area contributed by atoms with Crippen molar-refractivity contribution in [3.8, 4) is 11.5 Å². The summed E-state index contributed by atoms with van der Waals surface area (Å²) in [4.78, 5) is 0. The Balaban J connectivity index is 2.24. The smallest absolute Gasteiger partial charge is 0.138 e. The van der Waals surface area contributed by atoms with E-state index >= 15 is 0 Å². The lowest BCUT2D eigenvalue weighted by Crippen LogP contribution is -1.94. The van der Waals surface area contributed by atoms with Crippen molar-refractivity contribution in [2.75, 3.05) is 6.61 Å². The highest BCUT2D eigenvalue weighted by Crippen LogP contribution is 2.41.